The highest BCUT2D eigenvalue weighted by Crippen LogP contribution is 2.29. The van der Waals surface area contributed by atoms with Gasteiger partial charge in [0.1, 0.15) is 11.3 Å². The maximum absolute atomic E-state index is 11.8. The summed E-state index contributed by atoms with van der Waals surface area (Å²) in [6.07, 6.45) is 3.55. The Hall–Kier alpha value is -2.36. The Kier molecular flexibility index (Phi) is 4.35. The van der Waals surface area contributed by atoms with Crippen LogP contribution in [0.15, 0.2) is 36.7 Å². The van der Waals surface area contributed by atoms with E-state index in [1.165, 1.54) is 7.11 Å². The summed E-state index contributed by atoms with van der Waals surface area (Å²) >= 11 is 0. The Labute approximate surface area is 118 Å². The van der Waals surface area contributed by atoms with Crippen LogP contribution in [-0.2, 0) is 4.74 Å². The molecule has 2 aromatic rings. The topological polar surface area (TPSA) is 48.4 Å². The lowest BCUT2D eigenvalue weighted by Crippen LogP contribution is -2.06. The number of ether oxygens (including phenoxy) is 2. The highest BCUT2D eigenvalue weighted by atomic mass is 16.5. The van der Waals surface area contributed by atoms with Gasteiger partial charge in [0.25, 0.3) is 0 Å². The summed E-state index contributed by atoms with van der Waals surface area (Å²) in [5.74, 6) is 0.128. The molecule has 0 saturated carbocycles. The van der Waals surface area contributed by atoms with Gasteiger partial charge in [0.15, 0.2) is 0 Å². The average Bonchev–Trinajstić information content (AvgIpc) is 2.47. The van der Waals surface area contributed by atoms with Crippen molar-refractivity contribution in [3.8, 4) is 16.9 Å². The standard InChI is InChI=1S/C16H17NO3/c1-4-20-16(18)13-6-5-12(9-15(13)19-3)14-10-17-8-7-11(14)2/h5-10H,4H2,1-3H3. The molecule has 0 N–H and O–H groups in total. The molecular weight excluding hydrogens is 254 g/mol. The number of hydrogen-bond acceptors (Lipinski definition) is 4. The fourth-order valence-electron chi connectivity index (χ4n) is 2.00. The normalized spacial score (nSPS) is 10.2. The molecule has 104 valence electrons. The maximum atomic E-state index is 11.8. The lowest BCUT2D eigenvalue weighted by atomic mass is 10.0. The lowest BCUT2D eigenvalue weighted by Gasteiger charge is -2.11. The molecule has 4 nitrogen and oxygen atoms in total. The SMILES string of the molecule is CCOC(=O)c1ccc(-c2cnccc2C)cc1OC. The number of methoxy groups -OCH3 is 1. The number of carbonyl (C=O) groups is 1. The van der Waals surface area contributed by atoms with E-state index in [0.29, 0.717) is 17.9 Å². The first-order valence-electron chi connectivity index (χ1n) is 6.43. The molecule has 0 spiro atoms. The van der Waals surface area contributed by atoms with Gasteiger partial charge >= 0.3 is 5.97 Å². The summed E-state index contributed by atoms with van der Waals surface area (Å²) in [5, 5.41) is 0. The van der Waals surface area contributed by atoms with E-state index in [-0.39, 0.29) is 5.97 Å². The van der Waals surface area contributed by atoms with Gasteiger partial charge in [-0.25, -0.2) is 4.79 Å². The maximum Gasteiger partial charge on any atom is 0.341 e. The number of pyridine rings is 1. The molecule has 0 bridgehead atoms. The van der Waals surface area contributed by atoms with Crippen LogP contribution >= 0.6 is 0 Å². The molecule has 0 unspecified atom stereocenters. The molecule has 0 radical (unpaired) electrons. The molecule has 1 aromatic heterocycles. The zero-order valence-electron chi connectivity index (χ0n) is 11.8. The number of aromatic nitrogens is 1. The lowest BCUT2D eigenvalue weighted by molar-refractivity contribution is 0.0523. The molecule has 0 atom stereocenters. The van der Waals surface area contributed by atoms with Gasteiger partial charge in [0, 0.05) is 18.0 Å². The Morgan fingerprint density at radius 2 is 2.10 bits per heavy atom. The second-order valence-corrected chi connectivity index (χ2v) is 4.33. The summed E-state index contributed by atoms with van der Waals surface area (Å²) in [7, 11) is 1.54. The Morgan fingerprint density at radius 1 is 1.30 bits per heavy atom. The van der Waals surface area contributed by atoms with Crippen molar-refractivity contribution in [2.24, 2.45) is 0 Å². The van der Waals surface area contributed by atoms with Gasteiger partial charge in [-0.2, -0.15) is 0 Å². The quantitative estimate of drug-likeness (QED) is 0.801. The molecule has 0 aliphatic heterocycles. The number of carbonyl (C=O) groups excluding carboxylic acids is 1. The molecule has 0 fully saturated rings. The van der Waals surface area contributed by atoms with Crippen molar-refractivity contribution in [1.82, 2.24) is 4.98 Å². The molecule has 0 saturated heterocycles. The third-order valence-corrected chi connectivity index (χ3v) is 3.05. The van der Waals surface area contributed by atoms with E-state index >= 15 is 0 Å². The second kappa shape index (κ2) is 6.19. The van der Waals surface area contributed by atoms with Crippen LogP contribution in [0.4, 0.5) is 0 Å². The van der Waals surface area contributed by atoms with Gasteiger partial charge in [-0.1, -0.05) is 6.07 Å². The van der Waals surface area contributed by atoms with Gasteiger partial charge in [0.05, 0.1) is 13.7 Å². The van der Waals surface area contributed by atoms with Crippen molar-refractivity contribution in [2.45, 2.75) is 13.8 Å². The van der Waals surface area contributed by atoms with Gasteiger partial charge in [0.2, 0.25) is 0 Å². The first-order chi connectivity index (χ1) is 9.67. The summed E-state index contributed by atoms with van der Waals surface area (Å²) in [5.41, 5.74) is 3.52. The number of rotatable bonds is 4. The van der Waals surface area contributed by atoms with Crippen LogP contribution < -0.4 is 4.74 Å². The molecule has 1 heterocycles. The molecule has 2 rings (SSSR count). The van der Waals surface area contributed by atoms with E-state index in [1.54, 1.807) is 25.4 Å². The predicted molar refractivity (Wildman–Crippen MR) is 76.9 cm³/mol. The molecule has 4 heteroatoms. The van der Waals surface area contributed by atoms with Crippen molar-refractivity contribution < 1.29 is 14.3 Å². The van der Waals surface area contributed by atoms with Crippen LogP contribution in [0, 0.1) is 6.92 Å². The molecule has 0 aliphatic rings. The number of aryl methyl sites for hydroxylation is 1. The van der Waals surface area contributed by atoms with Crippen LogP contribution in [0.3, 0.4) is 0 Å². The van der Waals surface area contributed by atoms with E-state index in [9.17, 15) is 4.79 Å². The predicted octanol–water partition coefficient (Wildman–Crippen LogP) is 3.24. The van der Waals surface area contributed by atoms with Gasteiger partial charge < -0.3 is 9.47 Å². The van der Waals surface area contributed by atoms with E-state index in [4.69, 9.17) is 9.47 Å². The highest BCUT2D eigenvalue weighted by Gasteiger charge is 2.14. The van der Waals surface area contributed by atoms with E-state index < -0.39 is 0 Å². The fraction of sp³-hybridized carbons (Fsp3) is 0.250. The number of nitrogens with zero attached hydrogens (tertiary/aromatic N) is 1. The van der Waals surface area contributed by atoms with Crippen LogP contribution in [0.25, 0.3) is 11.1 Å². The zero-order chi connectivity index (χ0) is 14.5. The van der Waals surface area contributed by atoms with Crippen molar-refractivity contribution in [1.29, 1.82) is 0 Å². The number of benzene rings is 1. The van der Waals surface area contributed by atoms with Gasteiger partial charge in [-0.3, -0.25) is 4.98 Å². The van der Waals surface area contributed by atoms with E-state index in [2.05, 4.69) is 4.98 Å². The molecule has 1 aromatic carbocycles. The first-order valence-corrected chi connectivity index (χ1v) is 6.43. The van der Waals surface area contributed by atoms with Gasteiger partial charge in [-0.15, -0.1) is 0 Å². The number of hydrogen-bond donors (Lipinski definition) is 0. The van der Waals surface area contributed by atoms with Crippen molar-refractivity contribution in [3.05, 3.63) is 47.8 Å². The molecule has 0 aliphatic carbocycles. The summed E-state index contributed by atoms with van der Waals surface area (Å²) in [4.78, 5) is 16.0. The molecule has 0 amide bonds. The largest absolute Gasteiger partial charge is 0.496 e. The summed E-state index contributed by atoms with van der Waals surface area (Å²) in [6, 6.07) is 7.37. The van der Waals surface area contributed by atoms with Crippen LogP contribution in [0.1, 0.15) is 22.8 Å². The third-order valence-electron chi connectivity index (χ3n) is 3.05. The van der Waals surface area contributed by atoms with E-state index in [1.807, 2.05) is 25.1 Å². The Morgan fingerprint density at radius 3 is 2.75 bits per heavy atom. The van der Waals surface area contributed by atoms with Crippen LogP contribution in [0.5, 0.6) is 5.75 Å². The fourth-order valence-corrected chi connectivity index (χ4v) is 2.00. The third kappa shape index (κ3) is 2.79. The minimum atomic E-state index is -0.376. The average molecular weight is 271 g/mol. The second-order valence-electron chi connectivity index (χ2n) is 4.33. The molecular formula is C16H17NO3. The van der Waals surface area contributed by atoms with E-state index in [0.717, 1.165) is 16.7 Å². The summed E-state index contributed by atoms with van der Waals surface area (Å²) in [6.45, 7) is 4.13. The van der Waals surface area contributed by atoms with Crippen molar-refractivity contribution in [3.63, 3.8) is 0 Å². The smallest absolute Gasteiger partial charge is 0.341 e. The Bertz CT molecular complexity index is 623. The van der Waals surface area contributed by atoms with Gasteiger partial charge in [-0.05, 0) is 43.2 Å². The minimum absolute atomic E-state index is 0.339. The highest BCUT2D eigenvalue weighted by molar-refractivity contribution is 5.93. The van der Waals surface area contributed by atoms with Crippen molar-refractivity contribution in [2.75, 3.05) is 13.7 Å². The van der Waals surface area contributed by atoms with Crippen molar-refractivity contribution >= 4 is 5.97 Å². The number of esters is 1. The monoisotopic (exact) mass is 271 g/mol. The summed E-state index contributed by atoms with van der Waals surface area (Å²) < 4.78 is 10.3. The molecule has 20 heavy (non-hydrogen) atoms. The van der Waals surface area contributed by atoms with Crippen LogP contribution in [0.2, 0.25) is 0 Å². The zero-order valence-corrected chi connectivity index (χ0v) is 11.8. The first kappa shape index (κ1) is 14.1. The Balaban J connectivity index is 2.45. The van der Waals surface area contributed by atoms with Crippen LogP contribution in [-0.4, -0.2) is 24.7 Å². The minimum Gasteiger partial charge on any atom is -0.496 e.